The molecule has 0 aliphatic carbocycles. The summed E-state index contributed by atoms with van der Waals surface area (Å²) < 4.78 is 12.8. The second kappa shape index (κ2) is 9.91. The van der Waals surface area contributed by atoms with E-state index in [1.165, 1.54) is 11.8 Å². The predicted octanol–water partition coefficient (Wildman–Crippen LogP) is 5.55. The largest absolute Gasteiger partial charge is 0.497 e. The molecule has 3 aromatic carbocycles. The van der Waals surface area contributed by atoms with Crippen molar-refractivity contribution in [2.75, 3.05) is 18.2 Å². The number of carbonyl (C=O) groups is 1. The molecule has 2 aromatic heterocycles. The van der Waals surface area contributed by atoms with E-state index in [0.717, 1.165) is 27.8 Å². The number of thioether (sulfide) groups is 1. The topological polar surface area (TPSA) is 86.4 Å². The Morgan fingerprint density at radius 1 is 1.06 bits per heavy atom. The molecule has 7 nitrogen and oxygen atoms in total. The van der Waals surface area contributed by atoms with Gasteiger partial charge < -0.3 is 14.5 Å². The third kappa shape index (κ3) is 4.59. The number of hydrogen-bond donors (Lipinski definition) is 1. The molecular formula is C28H25N3O4S. The molecule has 0 saturated heterocycles. The maximum absolute atomic E-state index is 13.6. The van der Waals surface area contributed by atoms with Gasteiger partial charge in [0.2, 0.25) is 11.5 Å². The molecule has 36 heavy (non-hydrogen) atoms. The van der Waals surface area contributed by atoms with E-state index in [0.29, 0.717) is 22.0 Å². The van der Waals surface area contributed by atoms with Gasteiger partial charge in [0.05, 0.1) is 19.4 Å². The standard InChI is InChI=1S/C28H25N3O4S/c1-17-8-6-9-18(2)24(17)29-23(32)16-36-28-30-25-21-12-4-5-13-22(21)35-26(25)27(33)31(28)15-19-10-7-11-20(14-19)34-3/h4-14H,15-16H2,1-3H3,(H,29,32). The van der Waals surface area contributed by atoms with Crippen LogP contribution in [0, 0.1) is 13.8 Å². The van der Waals surface area contributed by atoms with Gasteiger partial charge in [-0.25, -0.2) is 4.98 Å². The lowest BCUT2D eigenvalue weighted by atomic mass is 10.1. The van der Waals surface area contributed by atoms with Gasteiger partial charge in [-0.05, 0) is 54.8 Å². The third-order valence-electron chi connectivity index (χ3n) is 6.00. The monoisotopic (exact) mass is 499 g/mol. The van der Waals surface area contributed by atoms with Crippen LogP contribution < -0.4 is 15.6 Å². The van der Waals surface area contributed by atoms with Gasteiger partial charge in [0.1, 0.15) is 16.8 Å². The average Bonchev–Trinajstić information content (AvgIpc) is 3.26. The Morgan fingerprint density at radius 3 is 2.58 bits per heavy atom. The van der Waals surface area contributed by atoms with Gasteiger partial charge in [-0.1, -0.05) is 54.2 Å². The van der Waals surface area contributed by atoms with Crippen LogP contribution >= 0.6 is 11.8 Å². The van der Waals surface area contributed by atoms with E-state index >= 15 is 0 Å². The van der Waals surface area contributed by atoms with Crippen molar-refractivity contribution in [2.24, 2.45) is 0 Å². The Labute approximate surface area is 212 Å². The molecule has 0 unspecified atom stereocenters. The van der Waals surface area contributed by atoms with Crippen molar-refractivity contribution < 1.29 is 13.9 Å². The number of nitrogens with one attached hydrogen (secondary N) is 1. The van der Waals surface area contributed by atoms with Crippen LogP contribution in [-0.4, -0.2) is 28.3 Å². The van der Waals surface area contributed by atoms with Gasteiger partial charge in [0.25, 0.3) is 5.56 Å². The number of furan rings is 1. The Morgan fingerprint density at radius 2 is 1.81 bits per heavy atom. The Kier molecular flexibility index (Phi) is 6.52. The van der Waals surface area contributed by atoms with Gasteiger partial charge >= 0.3 is 0 Å². The van der Waals surface area contributed by atoms with Crippen molar-refractivity contribution in [3.63, 3.8) is 0 Å². The lowest BCUT2D eigenvalue weighted by Crippen LogP contribution is -2.24. The Bertz CT molecular complexity index is 1630. The minimum Gasteiger partial charge on any atom is -0.497 e. The van der Waals surface area contributed by atoms with Crippen molar-refractivity contribution in [3.8, 4) is 5.75 Å². The zero-order valence-electron chi connectivity index (χ0n) is 20.2. The number of rotatable bonds is 7. The second-order valence-corrected chi connectivity index (χ2v) is 9.46. The normalized spacial score (nSPS) is 11.2. The summed E-state index contributed by atoms with van der Waals surface area (Å²) in [5.74, 6) is 0.622. The number of anilines is 1. The summed E-state index contributed by atoms with van der Waals surface area (Å²) in [5.41, 5.74) is 4.66. The minimum absolute atomic E-state index is 0.0968. The summed E-state index contributed by atoms with van der Waals surface area (Å²) >= 11 is 1.22. The number of aryl methyl sites for hydroxylation is 2. The summed E-state index contributed by atoms with van der Waals surface area (Å²) in [6, 6.07) is 20.8. The average molecular weight is 500 g/mol. The lowest BCUT2D eigenvalue weighted by Gasteiger charge is -2.14. The SMILES string of the molecule is COc1cccc(Cn2c(SCC(=O)Nc3c(C)cccc3C)nc3c(oc4ccccc43)c2=O)c1. The molecule has 5 rings (SSSR count). The van der Waals surface area contributed by atoms with Crippen molar-refractivity contribution >= 4 is 45.4 Å². The molecule has 5 aromatic rings. The van der Waals surface area contributed by atoms with Crippen LogP contribution in [0.4, 0.5) is 5.69 Å². The van der Waals surface area contributed by atoms with E-state index in [-0.39, 0.29) is 29.3 Å². The molecule has 0 atom stereocenters. The van der Waals surface area contributed by atoms with E-state index in [9.17, 15) is 9.59 Å². The van der Waals surface area contributed by atoms with Crippen molar-refractivity contribution in [1.82, 2.24) is 9.55 Å². The first-order chi connectivity index (χ1) is 17.4. The first-order valence-electron chi connectivity index (χ1n) is 11.5. The number of carbonyl (C=O) groups excluding carboxylic acids is 1. The number of methoxy groups -OCH3 is 1. The van der Waals surface area contributed by atoms with E-state index < -0.39 is 0 Å². The van der Waals surface area contributed by atoms with Crippen LogP contribution in [0.2, 0.25) is 0 Å². The van der Waals surface area contributed by atoms with E-state index in [1.807, 2.05) is 80.6 Å². The fraction of sp³-hybridized carbons (Fsp3) is 0.179. The molecular weight excluding hydrogens is 474 g/mol. The first-order valence-corrected chi connectivity index (χ1v) is 12.5. The number of hydrogen-bond acceptors (Lipinski definition) is 6. The predicted molar refractivity (Wildman–Crippen MR) is 143 cm³/mol. The van der Waals surface area contributed by atoms with Crippen LogP contribution in [0.1, 0.15) is 16.7 Å². The number of amides is 1. The van der Waals surface area contributed by atoms with Gasteiger partial charge in [0, 0.05) is 11.1 Å². The number of nitrogens with zero attached hydrogens (tertiary/aromatic N) is 2. The van der Waals surface area contributed by atoms with Crippen LogP contribution in [0.25, 0.3) is 22.1 Å². The smallest absolute Gasteiger partial charge is 0.298 e. The fourth-order valence-electron chi connectivity index (χ4n) is 4.17. The summed E-state index contributed by atoms with van der Waals surface area (Å²) in [4.78, 5) is 31.3. The highest BCUT2D eigenvalue weighted by atomic mass is 32.2. The van der Waals surface area contributed by atoms with Crippen LogP contribution in [-0.2, 0) is 11.3 Å². The highest BCUT2D eigenvalue weighted by Gasteiger charge is 2.19. The molecule has 0 radical (unpaired) electrons. The molecule has 0 saturated carbocycles. The maximum atomic E-state index is 13.6. The van der Waals surface area contributed by atoms with Crippen LogP contribution in [0.3, 0.4) is 0 Å². The fourth-order valence-corrected chi connectivity index (χ4v) is 4.97. The summed E-state index contributed by atoms with van der Waals surface area (Å²) in [6.45, 7) is 4.18. The highest BCUT2D eigenvalue weighted by Crippen LogP contribution is 2.28. The summed E-state index contributed by atoms with van der Waals surface area (Å²) in [5, 5.41) is 4.21. The van der Waals surface area contributed by atoms with Crippen molar-refractivity contribution in [3.05, 3.63) is 93.8 Å². The molecule has 2 heterocycles. The highest BCUT2D eigenvalue weighted by molar-refractivity contribution is 7.99. The van der Waals surface area contributed by atoms with E-state index in [2.05, 4.69) is 5.32 Å². The molecule has 1 N–H and O–H groups in total. The lowest BCUT2D eigenvalue weighted by molar-refractivity contribution is -0.113. The quantitative estimate of drug-likeness (QED) is 0.234. The Hall–Kier alpha value is -4.04. The number of benzene rings is 3. The Balaban J connectivity index is 1.52. The van der Waals surface area contributed by atoms with Gasteiger partial charge in [-0.15, -0.1) is 0 Å². The molecule has 1 amide bonds. The van der Waals surface area contributed by atoms with Crippen molar-refractivity contribution in [2.45, 2.75) is 25.5 Å². The zero-order valence-corrected chi connectivity index (χ0v) is 21.0. The zero-order chi connectivity index (χ0) is 25.2. The number of ether oxygens (including phenoxy) is 1. The summed E-state index contributed by atoms with van der Waals surface area (Å²) in [6.07, 6.45) is 0. The molecule has 8 heteroatoms. The maximum Gasteiger partial charge on any atom is 0.298 e. The summed E-state index contributed by atoms with van der Waals surface area (Å²) in [7, 11) is 1.60. The molecule has 182 valence electrons. The van der Waals surface area contributed by atoms with Crippen LogP contribution in [0.5, 0.6) is 5.75 Å². The third-order valence-corrected chi connectivity index (χ3v) is 6.98. The van der Waals surface area contributed by atoms with E-state index in [1.54, 1.807) is 11.7 Å². The first kappa shape index (κ1) is 23.7. The molecule has 0 bridgehead atoms. The van der Waals surface area contributed by atoms with E-state index in [4.69, 9.17) is 14.1 Å². The van der Waals surface area contributed by atoms with Gasteiger partial charge in [-0.2, -0.15) is 0 Å². The number of para-hydroxylation sites is 2. The molecule has 0 aliphatic heterocycles. The molecule has 0 aliphatic rings. The molecule has 0 fully saturated rings. The van der Waals surface area contributed by atoms with Gasteiger partial charge in [-0.3, -0.25) is 14.2 Å². The van der Waals surface area contributed by atoms with Crippen molar-refractivity contribution in [1.29, 1.82) is 0 Å². The number of fused-ring (bicyclic) bond motifs is 3. The van der Waals surface area contributed by atoms with Crippen LogP contribution in [0.15, 0.2) is 81.1 Å². The second-order valence-electron chi connectivity index (χ2n) is 8.52. The minimum atomic E-state index is -0.295. The number of aromatic nitrogens is 2. The molecule has 0 spiro atoms. The van der Waals surface area contributed by atoms with Gasteiger partial charge in [0.15, 0.2) is 5.16 Å².